The first-order chi connectivity index (χ1) is 12.8. The molecule has 1 aromatic carbocycles. The van der Waals surface area contributed by atoms with Gasteiger partial charge in [-0.05, 0) is 55.8 Å². The first-order valence-corrected chi connectivity index (χ1v) is 8.91. The second-order valence-corrected chi connectivity index (χ2v) is 6.60. The molecule has 3 heterocycles. The Labute approximate surface area is 152 Å². The summed E-state index contributed by atoms with van der Waals surface area (Å²) in [5, 5.41) is 4.21. The summed E-state index contributed by atoms with van der Waals surface area (Å²) in [5.74, 6) is 2.66. The fourth-order valence-corrected chi connectivity index (χ4v) is 3.39. The van der Waals surface area contributed by atoms with Crippen molar-refractivity contribution >= 4 is 0 Å². The molecule has 26 heavy (non-hydrogen) atoms. The summed E-state index contributed by atoms with van der Waals surface area (Å²) in [6.45, 7) is 3.00. The van der Waals surface area contributed by atoms with Crippen LogP contribution in [0.5, 0.6) is 5.75 Å². The number of benzene rings is 1. The Morgan fingerprint density at radius 3 is 2.73 bits per heavy atom. The van der Waals surface area contributed by atoms with Gasteiger partial charge in [0.05, 0.1) is 7.11 Å². The van der Waals surface area contributed by atoms with Gasteiger partial charge in [0.1, 0.15) is 5.75 Å². The van der Waals surface area contributed by atoms with Crippen LogP contribution in [0, 0.1) is 0 Å². The van der Waals surface area contributed by atoms with Crippen molar-refractivity contribution in [2.45, 2.75) is 25.3 Å². The highest BCUT2D eigenvalue weighted by Gasteiger charge is 2.25. The van der Waals surface area contributed by atoms with E-state index in [9.17, 15) is 0 Å². The maximum atomic E-state index is 5.44. The summed E-state index contributed by atoms with van der Waals surface area (Å²) < 4.78 is 10.7. The van der Waals surface area contributed by atoms with Gasteiger partial charge >= 0.3 is 0 Å². The molecule has 0 atom stereocenters. The Kier molecular flexibility index (Phi) is 4.93. The first kappa shape index (κ1) is 16.7. The minimum Gasteiger partial charge on any atom is -0.497 e. The molecule has 0 unspecified atom stereocenters. The smallest absolute Gasteiger partial charge is 0.258 e. The predicted octanol–water partition coefficient (Wildman–Crippen LogP) is 3.52. The minimum atomic E-state index is 0.357. The number of ether oxygens (including phenoxy) is 1. The quantitative estimate of drug-likeness (QED) is 0.701. The van der Waals surface area contributed by atoms with Crippen LogP contribution >= 0.6 is 0 Å². The van der Waals surface area contributed by atoms with E-state index in [4.69, 9.17) is 9.26 Å². The van der Waals surface area contributed by atoms with E-state index in [-0.39, 0.29) is 0 Å². The number of hydrogen-bond donors (Lipinski definition) is 0. The fourth-order valence-electron chi connectivity index (χ4n) is 3.39. The molecule has 1 fully saturated rings. The van der Waals surface area contributed by atoms with Gasteiger partial charge < -0.3 is 9.26 Å². The number of hydrogen-bond acceptors (Lipinski definition) is 6. The summed E-state index contributed by atoms with van der Waals surface area (Å²) in [6, 6.07) is 12.0. The number of nitrogens with zero attached hydrogens (tertiary/aromatic N) is 4. The third kappa shape index (κ3) is 3.75. The summed E-state index contributed by atoms with van der Waals surface area (Å²) >= 11 is 0. The summed E-state index contributed by atoms with van der Waals surface area (Å²) in [7, 11) is 1.70. The molecule has 0 radical (unpaired) electrons. The highest BCUT2D eigenvalue weighted by Crippen LogP contribution is 2.28. The van der Waals surface area contributed by atoms with E-state index >= 15 is 0 Å². The predicted molar refractivity (Wildman–Crippen MR) is 97.8 cm³/mol. The molecule has 1 saturated heterocycles. The van der Waals surface area contributed by atoms with Gasteiger partial charge in [0, 0.05) is 30.4 Å². The fraction of sp³-hybridized carbons (Fsp3) is 0.350. The number of aromatic nitrogens is 3. The van der Waals surface area contributed by atoms with Crippen molar-refractivity contribution in [3.8, 4) is 17.2 Å². The van der Waals surface area contributed by atoms with E-state index in [1.54, 1.807) is 19.5 Å². The average molecular weight is 350 g/mol. The van der Waals surface area contributed by atoms with E-state index in [2.05, 4.69) is 32.2 Å². The van der Waals surface area contributed by atoms with Crippen LogP contribution in [0.2, 0.25) is 0 Å². The summed E-state index contributed by atoms with van der Waals surface area (Å²) in [6.07, 6.45) is 5.55. The number of likely N-dealkylation sites (tertiary alicyclic amines) is 1. The first-order valence-electron chi connectivity index (χ1n) is 8.91. The van der Waals surface area contributed by atoms with Crippen LogP contribution in [-0.2, 0) is 6.54 Å². The highest BCUT2D eigenvalue weighted by molar-refractivity contribution is 5.51. The van der Waals surface area contributed by atoms with Crippen molar-refractivity contribution in [2.24, 2.45) is 0 Å². The van der Waals surface area contributed by atoms with Crippen molar-refractivity contribution in [3.63, 3.8) is 0 Å². The number of methoxy groups -OCH3 is 1. The van der Waals surface area contributed by atoms with E-state index in [0.717, 1.165) is 49.6 Å². The van der Waals surface area contributed by atoms with Crippen molar-refractivity contribution in [3.05, 3.63) is 60.2 Å². The lowest BCUT2D eigenvalue weighted by Crippen LogP contribution is -2.32. The molecule has 4 rings (SSSR count). The largest absolute Gasteiger partial charge is 0.497 e. The van der Waals surface area contributed by atoms with Gasteiger partial charge in [0.15, 0.2) is 5.82 Å². The second kappa shape index (κ2) is 7.66. The molecule has 3 aromatic rings. The third-order valence-electron chi connectivity index (χ3n) is 4.86. The monoisotopic (exact) mass is 350 g/mol. The van der Waals surface area contributed by atoms with Gasteiger partial charge in [0.25, 0.3) is 5.89 Å². The second-order valence-electron chi connectivity index (χ2n) is 6.60. The van der Waals surface area contributed by atoms with E-state index in [0.29, 0.717) is 11.8 Å². The van der Waals surface area contributed by atoms with Crippen molar-refractivity contribution < 1.29 is 9.26 Å². The van der Waals surface area contributed by atoms with Crippen LogP contribution in [-0.4, -0.2) is 40.2 Å². The average Bonchev–Trinajstić information content (AvgIpc) is 3.20. The Balaban J connectivity index is 1.36. The maximum absolute atomic E-state index is 5.44. The van der Waals surface area contributed by atoms with Crippen molar-refractivity contribution in [1.29, 1.82) is 0 Å². The number of pyridine rings is 1. The SMILES string of the molecule is COc1cccc(CN2CCC(c3noc(-c4ccncc4)n3)CC2)c1. The summed E-state index contributed by atoms with van der Waals surface area (Å²) in [5.41, 5.74) is 2.19. The molecule has 0 amide bonds. The van der Waals surface area contributed by atoms with Gasteiger partial charge in [0.2, 0.25) is 0 Å². The molecule has 6 nitrogen and oxygen atoms in total. The van der Waals surface area contributed by atoms with Crippen LogP contribution < -0.4 is 4.74 Å². The van der Waals surface area contributed by atoms with E-state index in [1.165, 1.54) is 5.56 Å². The van der Waals surface area contributed by atoms with Gasteiger partial charge in [-0.15, -0.1) is 0 Å². The van der Waals surface area contributed by atoms with Crippen LogP contribution in [0.1, 0.15) is 30.1 Å². The van der Waals surface area contributed by atoms with Gasteiger partial charge in [-0.3, -0.25) is 9.88 Å². The third-order valence-corrected chi connectivity index (χ3v) is 4.86. The number of rotatable bonds is 5. The Morgan fingerprint density at radius 2 is 1.96 bits per heavy atom. The highest BCUT2D eigenvalue weighted by atomic mass is 16.5. The lowest BCUT2D eigenvalue weighted by atomic mass is 9.96. The summed E-state index contributed by atoms with van der Waals surface area (Å²) in [4.78, 5) is 11.1. The van der Waals surface area contributed by atoms with Crippen LogP contribution in [0.15, 0.2) is 53.3 Å². The lowest BCUT2D eigenvalue weighted by Gasteiger charge is -2.30. The molecule has 0 spiro atoms. The van der Waals surface area contributed by atoms with Crippen molar-refractivity contribution in [1.82, 2.24) is 20.0 Å². The topological polar surface area (TPSA) is 64.3 Å². The standard InChI is InChI=1S/C20H22N4O2/c1-25-18-4-2-3-15(13-18)14-24-11-7-16(8-12-24)19-22-20(26-23-19)17-5-9-21-10-6-17/h2-6,9-10,13,16H,7-8,11-12,14H2,1H3. The minimum absolute atomic E-state index is 0.357. The molecule has 1 aliphatic rings. The van der Waals surface area contributed by atoms with Crippen LogP contribution in [0.3, 0.4) is 0 Å². The molecule has 0 N–H and O–H groups in total. The zero-order valence-electron chi connectivity index (χ0n) is 14.8. The van der Waals surface area contributed by atoms with Gasteiger partial charge in [-0.25, -0.2) is 0 Å². The molecule has 0 aliphatic carbocycles. The van der Waals surface area contributed by atoms with Crippen molar-refractivity contribution in [2.75, 3.05) is 20.2 Å². The molecule has 134 valence electrons. The Hall–Kier alpha value is -2.73. The van der Waals surface area contributed by atoms with Gasteiger partial charge in [-0.2, -0.15) is 4.98 Å². The molecule has 2 aromatic heterocycles. The van der Waals surface area contributed by atoms with E-state index in [1.807, 2.05) is 24.3 Å². The molecule has 6 heteroatoms. The molecule has 0 saturated carbocycles. The van der Waals surface area contributed by atoms with Gasteiger partial charge in [-0.1, -0.05) is 17.3 Å². The molecular formula is C20H22N4O2. The Morgan fingerprint density at radius 1 is 1.15 bits per heavy atom. The zero-order valence-corrected chi connectivity index (χ0v) is 14.8. The normalized spacial score (nSPS) is 15.9. The van der Waals surface area contributed by atoms with E-state index < -0.39 is 0 Å². The number of piperidine rings is 1. The lowest BCUT2D eigenvalue weighted by molar-refractivity contribution is 0.200. The molecular weight excluding hydrogens is 328 g/mol. The van der Waals surface area contributed by atoms with Crippen LogP contribution in [0.4, 0.5) is 0 Å². The molecule has 0 bridgehead atoms. The van der Waals surface area contributed by atoms with Crippen LogP contribution in [0.25, 0.3) is 11.5 Å². The zero-order chi connectivity index (χ0) is 17.8. The molecule has 1 aliphatic heterocycles. The Bertz CT molecular complexity index is 842. The maximum Gasteiger partial charge on any atom is 0.258 e.